The summed E-state index contributed by atoms with van der Waals surface area (Å²) in [7, 11) is -1.80. The molecule has 0 aromatic heterocycles. The highest BCUT2D eigenvalue weighted by Crippen LogP contribution is 2.37. The van der Waals surface area contributed by atoms with E-state index in [-0.39, 0.29) is 0 Å². The normalized spacial score (nSPS) is 23.6. The van der Waals surface area contributed by atoms with Crippen molar-refractivity contribution in [3.8, 4) is 0 Å². The van der Waals surface area contributed by atoms with Gasteiger partial charge in [-0.3, -0.25) is 0 Å². The fraction of sp³-hybridized carbons (Fsp3) is 1.00. The second-order valence-corrected chi connectivity index (χ2v) is 6.25. The summed E-state index contributed by atoms with van der Waals surface area (Å²) in [6.07, 6.45) is 0. The van der Waals surface area contributed by atoms with Crippen LogP contribution in [0.4, 0.5) is 0 Å². The smallest absolute Gasteiger partial charge is 0.429 e. The van der Waals surface area contributed by atoms with E-state index in [1.807, 2.05) is 48.5 Å². The average molecular weight is 228 g/mol. The van der Waals surface area contributed by atoms with Crippen molar-refractivity contribution in [1.82, 2.24) is 0 Å². The first kappa shape index (κ1) is 14.0. The van der Waals surface area contributed by atoms with Crippen LogP contribution in [0, 0.1) is 0 Å². The van der Waals surface area contributed by atoms with Gasteiger partial charge in [-0.1, -0.05) is 0 Å². The number of hydrogen-bond acceptors (Lipinski definition) is 4. The summed E-state index contributed by atoms with van der Waals surface area (Å²) in [4.78, 5) is 0. The molecule has 1 saturated heterocycles. The first-order valence-electron chi connectivity index (χ1n) is 5.66. The van der Waals surface area contributed by atoms with Gasteiger partial charge < -0.3 is 19.0 Å². The third kappa shape index (κ3) is 3.00. The molecule has 1 fully saturated rings. The van der Waals surface area contributed by atoms with E-state index in [1.54, 1.807) is 0 Å². The quantitative estimate of drug-likeness (QED) is 0.726. The monoisotopic (exact) mass is 228 g/mol. The summed E-state index contributed by atoms with van der Waals surface area (Å²) < 4.78 is 16.8. The van der Waals surface area contributed by atoms with E-state index in [9.17, 15) is 5.02 Å². The van der Waals surface area contributed by atoms with E-state index in [2.05, 4.69) is 0 Å². The lowest BCUT2D eigenvalue weighted by Crippen LogP contribution is -2.45. The van der Waals surface area contributed by atoms with E-state index < -0.39 is 30.8 Å². The van der Waals surface area contributed by atoms with Gasteiger partial charge >= 0.3 is 14.0 Å². The first-order valence-corrected chi connectivity index (χ1v) is 5.66. The summed E-state index contributed by atoms with van der Waals surface area (Å²) in [6.45, 7) is 13.4. The van der Waals surface area contributed by atoms with Crippen LogP contribution in [0.3, 0.4) is 0 Å². The second kappa shape index (κ2) is 4.02. The van der Waals surface area contributed by atoms with Gasteiger partial charge in [-0.15, -0.1) is 0 Å². The zero-order valence-electron chi connectivity index (χ0n) is 11.3. The fourth-order valence-electron chi connectivity index (χ4n) is 1.42. The van der Waals surface area contributed by atoms with Crippen molar-refractivity contribution in [2.45, 2.75) is 65.3 Å². The molecule has 0 radical (unpaired) electrons. The third-order valence-corrected chi connectivity index (χ3v) is 2.98. The van der Waals surface area contributed by atoms with Crippen molar-refractivity contribution in [3.05, 3.63) is 0 Å². The van der Waals surface area contributed by atoms with Crippen molar-refractivity contribution in [1.29, 1.82) is 0 Å². The van der Waals surface area contributed by atoms with E-state index in [1.165, 1.54) is 0 Å². The molecular weight excluding hydrogens is 206 g/mol. The van der Waals surface area contributed by atoms with E-state index in [4.69, 9.17) is 14.0 Å². The molecule has 0 aromatic rings. The Morgan fingerprint density at radius 1 is 1.06 bits per heavy atom. The predicted molar refractivity (Wildman–Crippen MR) is 64.9 cm³/mol. The molecular formula is C10H22B2O4. The Labute approximate surface area is 98.9 Å². The van der Waals surface area contributed by atoms with E-state index in [0.29, 0.717) is 0 Å². The molecule has 0 bridgehead atoms. The van der Waals surface area contributed by atoms with Gasteiger partial charge in [-0.05, 0) is 48.5 Å². The first-order chi connectivity index (χ1) is 6.95. The van der Waals surface area contributed by atoms with Gasteiger partial charge in [0.1, 0.15) is 0 Å². The van der Waals surface area contributed by atoms with Crippen LogP contribution in [0.25, 0.3) is 0 Å². The van der Waals surface area contributed by atoms with E-state index in [0.717, 1.165) is 0 Å². The molecule has 0 atom stereocenters. The Bertz CT molecular complexity index is 244. The maximum atomic E-state index is 9.88. The molecule has 16 heavy (non-hydrogen) atoms. The van der Waals surface area contributed by atoms with Crippen LogP contribution >= 0.6 is 0 Å². The Morgan fingerprint density at radius 2 is 1.44 bits per heavy atom. The lowest BCUT2D eigenvalue weighted by Gasteiger charge is -2.32. The van der Waals surface area contributed by atoms with Crippen LogP contribution in [0.5, 0.6) is 0 Å². The van der Waals surface area contributed by atoms with Gasteiger partial charge in [-0.25, -0.2) is 0 Å². The summed E-state index contributed by atoms with van der Waals surface area (Å²) in [6, 6.07) is 0. The van der Waals surface area contributed by atoms with Crippen LogP contribution in [0.15, 0.2) is 0 Å². The van der Waals surface area contributed by atoms with Crippen LogP contribution in [-0.2, 0) is 14.0 Å². The molecule has 0 amide bonds. The van der Waals surface area contributed by atoms with Gasteiger partial charge in [0, 0.05) is 5.60 Å². The maximum Gasteiger partial charge on any atom is 0.488 e. The molecule has 0 aliphatic carbocycles. The largest absolute Gasteiger partial charge is 0.488 e. The Hall–Kier alpha value is -0.0301. The van der Waals surface area contributed by atoms with Crippen LogP contribution in [-0.4, -0.2) is 35.8 Å². The van der Waals surface area contributed by atoms with Crippen molar-refractivity contribution in [2.24, 2.45) is 0 Å². The molecule has 1 rings (SSSR count). The summed E-state index contributed by atoms with van der Waals surface area (Å²) in [5.41, 5.74) is -1.32. The molecule has 0 unspecified atom stereocenters. The minimum Gasteiger partial charge on any atom is -0.429 e. The summed E-state index contributed by atoms with van der Waals surface area (Å²) >= 11 is 0. The SMILES string of the molecule is CC(C)(C)OB(O)B1OC(C)(C)C(C)(C)O1. The Balaban J connectivity index is 2.66. The van der Waals surface area contributed by atoms with Gasteiger partial charge in [-0.2, -0.15) is 0 Å². The highest BCUT2D eigenvalue weighted by Gasteiger charge is 2.56. The summed E-state index contributed by atoms with van der Waals surface area (Å²) in [5.74, 6) is 0. The van der Waals surface area contributed by atoms with Gasteiger partial charge in [0.2, 0.25) is 0 Å². The van der Waals surface area contributed by atoms with Crippen molar-refractivity contribution in [3.63, 3.8) is 0 Å². The minimum atomic E-state index is -1.07. The van der Waals surface area contributed by atoms with Crippen molar-refractivity contribution in [2.75, 3.05) is 0 Å². The van der Waals surface area contributed by atoms with Gasteiger partial charge in [0.15, 0.2) is 0 Å². The lowest BCUT2D eigenvalue weighted by atomic mass is 9.49. The molecule has 1 N–H and O–H groups in total. The van der Waals surface area contributed by atoms with Gasteiger partial charge in [0.25, 0.3) is 0 Å². The number of hydrogen-bond donors (Lipinski definition) is 1. The maximum absolute atomic E-state index is 9.88. The lowest BCUT2D eigenvalue weighted by molar-refractivity contribution is 0.00578. The third-order valence-electron chi connectivity index (χ3n) is 2.98. The standard InChI is InChI=1S/C10H22B2O4/c1-8(2,3)14-11(13)12-15-9(4,5)10(6,7)16-12/h13H,1-7H3. The molecule has 92 valence electrons. The second-order valence-electron chi connectivity index (χ2n) is 6.25. The van der Waals surface area contributed by atoms with Crippen LogP contribution in [0.2, 0.25) is 0 Å². The highest BCUT2D eigenvalue weighted by molar-refractivity contribution is 7.10. The molecule has 1 aliphatic heterocycles. The fourth-order valence-corrected chi connectivity index (χ4v) is 1.42. The highest BCUT2D eigenvalue weighted by atomic mass is 16.7. The Morgan fingerprint density at radius 3 is 1.75 bits per heavy atom. The average Bonchev–Trinajstić information content (AvgIpc) is 2.17. The minimum absolute atomic E-state index is 0.428. The zero-order chi connectivity index (χ0) is 12.8. The van der Waals surface area contributed by atoms with E-state index >= 15 is 0 Å². The van der Waals surface area contributed by atoms with Gasteiger partial charge in [0.05, 0.1) is 11.2 Å². The molecule has 0 spiro atoms. The molecule has 0 aromatic carbocycles. The topological polar surface area (TPSA) is 47.9 Å². The molecule has 6 heteroatoms. The summed E-state index contributed by atoms with van der Waals surface area (Å²) in [5, 5.41) is 9.88. The molecule has 1 heterocycles. The predicted octanol–water partition coefficient (Wildman–Crippen LogP) is 1.45. The zero-order valence-corrected chi connectivity index (χ0v) is 11.3. The van der Waals surface area contributed by atoms with Crippen LogP contribution < -0.4 is 0 Å². The van der Waals surface area contributed by atoms with Crippen molar-refractivity contribution < 1.29 is 19.0 Å². The Kier molecular flexibility index (Phi) is 3.52. The van der Waals surface area contributed by atoms with Crippen molar-refractivity contribution >= 4 is 14.0 Å². The molecule has 4 nitrogen and oxygen atoms in total. The number of rotatable bonds is 2. The van der Waals surface area contributed by atoms with Crippen LogP contribution in [0.1, 0.15) is 48.5 Å². The molecule has 1 aliphatic rings. The molecule has 0 saturated carbocycles.